The first-order chi connectivity index (χ1) is 11.8. The van der Waals surface area contributed by atoms with E-state index in [0.29, 0.717) is 32.5 Å². The van der Waals surface area contributed by atoms with Crippen molar-refractivity contribution in [1.29, 1.82) is 0 Å². The van der Waals surface area contributed by atoms with Crippen molar-refractivity contribution in [3.8, 4) is 0 Å². The molecule has 1 aromatic heterocycles. The fourth-order valence-corrected chi connectivity index (χ4v) is 2.74. The Labute approximate surface area is 149 Å². The van der Waals surface area contributed by atoms with Crippen LogP contribution in [0.3, 0.4) is 0 Å². The Hall–Kier alpha value is -2.11. The number of likely N-dealkylation sites (tertiary alicyclic amines) is 1. The van der Waals surface area contributed by atoms with Crippen LogP contribution >= 0.6 is 0 Å². The maximum Gasteiger partial charge on any atom is 0.410 e. The predicted molar refractivity (Wildman–Crippen MR) is 94.0 cm³/mol. The van der Waals surface area contributed by atoms with Crippen LogP contribution < -0.4 is 0 Å². The van der Waals surface area contributed by atoms with Crippen LogP contribution in [0.4, 0.5) is 4.79 Å². The van der Waals surface area contributed by atoms with Gasteiger partial charge in [-0.3, -0.25) is 9.78 Å². The summed E-state index contributed by atoms with van der Waals surface area (Å²) >= 11 is 0. The highest BCUT2D eigenvalue weighted by molar-refractivity contribution is 5.73. The highest BCUT2D eigenvalue weighted by Gasteiger charge is 2.30. The van der Waals surface area contributed by atoms with E-state index in [4.69, 9.17) is 9.47 Å². The Bertz CT molecular complexity index is 561. The van der Waals surface area contributed by atoms with Crippen LogP contribution in [0.25, 0.3) is 0 Å². The SMILES string of the molecule is CC(C)(C)OC(=O)N1CCC(C(=O)OCCCc2ccncc2)CC1. The number of hydrogen-bond donors (Lipinski definition) is 0. The molecule has 1 fully saturated rings. The third-order valence-corrected chi connectivity index (χ3v) is 4.08. The largest absolute Gasteiger partial charge is 0.465 e. The van der Waals surface area contributed by atoms with Crippen molar-refractivity contribution >= 4 is 12.1 Å². The molecule has 6 nitrogen and oxygen atoms in total. The molecule has 0 saturated carbocycles. The van der Waals surface area contributed by atoms with Gasteiger partial charge in [-0.2, -0.15) is 0 Å². The average Bonchev–Trinajstić information content (AvgIpc) is 2.58. The Morgan fingerprint density at radius 2 is 1.84 bits per heavy atom. The van der Waals surface area contributed by atoms with E-state index in [0.717, 1.165) is 12.8 Å². The normalized spacial score (nSPS) is 15.7. The molecule has 0 bridgehead atoms. The van der Waals surface area contributed by atoms with Gasteiger partial charge in [0.2, 0.25) is 0 Å². The summed E-state index contributed by atoms with van der Waals surface area (Å²) in [5, 5.41) is 0. The number of hydrogen-bond acceptors (Lipinski definition) is 5. The number of amides is 1. The molecule has 1 amide bonds. The zero-order chi connectivity index (χ0) is 18.3. The van der Waals surface area contributed by atoms with E-state index >= 15 is 0 Å². The topological polar surface area (TPSA) is 68.7 Å². The summed E-state index contributed by atoms with van der Waals surface area (Å²) in [4.78, 5) is 29.8. The molecule has 0 aromatic carbocycles. The molecule has 0 N–H and O–H groups in total. The van der Waals surface area contributed by atoms with Gasteiger partial charge in [-0.1, -0.05) is 0 Å². The zero-order valence-corrected chi connectivity index (χ0v) is 15.4. The molecule has 6 heteroatoms. The molecule has 2 heterocycles. The van der Waals surface area contributed by atoms with Crippen molar-refractivity contribution < 1.29 is 19.1 Å². The summed E-state index contributed by atoms with van der Waals surface area (Å²) in [6, 6.07) is 3.93. The molecule has 1 aliphatic rings. The van der Waals surface area contributed by atoms with Gasteiger partial charge < -0.3 is 14.4 Å². The molecule has 1 saturated heterocycles. The third-order valence-electron chi connectivity index (χ3n) is 4.08. The highest BCUT2D eigenvalue weighted by atomic mass is 16.6. The van der Waals surface area contributed by atoms with Gasteiger partial charge in [0.05, 0.1) is 12.5 Å². The van der Waals surface area contributed by atoms with E-state index in [9.17, 15) is 9.59 Å². The molecular weight excluding hydrogens is 320 g/mol. The van der Waals surface area contributed by atoms with Gasteiger partial charge in [-0.25, -0.2) is 4.79 Å². The first-order valence-corrected chi connectivity index (χ1v) is 8.88. The van der Waals surface area contributed by atoms with Gasteiger partial charge in [-0.05, 0) is 64.2 Å². The molecule has 2 rings (SSSR count). The Balaban J connectivity index is 1.64. The lowest BCUT2D eigenvalue weighted by molar-refractivity contribution is -0.150. The van der Waals surface area contributed by atoms with E-state index in [1.807, 2.05) is 32.9 Å². The minimum Gasteiger partial charge on any atom is -0.465 e. The molecule has 0 radical (unpaired) electrons. The van der Waals surface area contributed by atoms with Crippen molar-refractivity contribution in [1.82, 2.24) is 9.88 Å². The number of rotatable bonds is 5. The van der Waals surface area contributed by atoms with Crippen LogP contribution in [0.15, 0.2) is 24.5 Å². The molecule has 0 unspecified atom stereocenters. The van der Waals surface area contributed by atoms with Crippen LogP contribution in [-0.2, 0) is 20.7 Å². The Morgan fingerprint density at radius 1 is 1.20 bits per heavy atom. The average molecular weight is 348 g/mol. The summed E-state index contributed by atoms with van der Waals surface area (Å²) < 4.78 is 10.8. The van der Waals surface area contributed by atoms with E-state index in [1.165, 1.54) is 5.56 Å². The van der Waals surface area contributed by atoms with E-state index in [-0.39, 0.29) is 18.0 Å². The summed E-state index contributed by atoms with van der Waals surface area (Å²) in [6.07, 6.45) is 6.14. The van der Waals surface area contributed by atoms with Crippen molar-refractivity contribution in [3.05, 3.63) is 30.1 Å². The lowest BCUT2D eigenvalue weighted by Gasteiger charge is -2.32. The molecule has 138 valence electrons. The van der Waals surface area contributed by atoms with Crippen molar-refractivity contribution in [3.63, 3.8) is 0 Å². The minimum atomic E-state index is -0.498. The predicted octanol–water partition coefficient (Wildman–Crippen LogP) is 3.20. The number of aryl methyl sites for hydroxylation is 1. The molecule has 1 aliphatic heterocycles. The molecule has 0 spiro atoms. The first-order valence-electron chi connectivity index (χ1n) is 8.88. The number of nitrogens with zero attached hydrogens (tertiary/aromatic N) is 2. The minimum absolute atomic E-state index is 0.125. The second kappa shape index (κ2) is 8.83. The fraction of sp³-hybridized carbons (Fsp3) is 0.632. The lowest BCUT2D eigenvalue weighted by atomic mass is 9.97. The molecule has 1 aromatic rings. The van der Waals surface area contributed by atoms with Gasteiger partial charge >= 0.3 is 12.1 Å². The fourth-order valence-electron chi connectivity index (χ4n) is 2.74. The van der Waals surface area contributed by atoms with Crippen LogP contribution in [0, 0.1) is 5.92 Å². The Kier molecular flexibility index (Phi) is 6.79. The summed E-state index contributed by atoms with van der Waals surface area (Å²) in [5.41, 5.74) is 0.693. The summed E-state index contributed by atoms with van der Waals surface area (Å²) in [5.74, 6) is -0.279. The van der Waals surface area contributed by atoms with Crippen LogP contribution in [0.1, 0.15) is 45.6 Å². The van der Waals surface area contributed by atoms with Gasteiger partial charge in [0, 0.05) is 25.5 Å². The highest BCUT2D eigenvalue weighted by Crippen LogP contribution is 2.21. The number of carbonyl (C=O) groups is 2. The number of pyridine rings is 1. The van der Waals surface area contributed by atoms with Crippen molar-refractivity contribution in [2.24, 2.45) is 5.92 Å². The van der Waals surface area contributed by atoms with Crippen molar-refractivity contribution in [2.45, 2.75) is 52.1 Å². The van der Waals surface area contributed by atoms with Gasteiger partial charge in [0.25, 0.3) is 0 Å². The maximum atomic E-state index is 12.1. The van der Waals surface area contributed by atoms with E-state index in [2.05, 4.69) is 4.98 Å². The van der Waals surface area contributed by atoms with Crippen LogP contribution in [0.2, 0.25) is 0 Å². The first kappa shape index (κ1) is 19.2. The number of aromatic nitrogens is 1. The third kappa shape index (κ3) is 6.72. The zero-order valence-electron chi connectivity index (χ0n) is 15.4. The standard InChI is InChI=1S/C19H28N2O4/c1-19(2,3)25-18(23)21-12-8-16(9-13-21)17(22)24-14-4-5-15-6-10-20-11-7-15/h6-7,10-11,16H,4-5,8-9,12-14H2,1-3H3. The van der Waals surface area contributed by atoms with Crippen molar-refractivity contribution in [2.75, 3.05) is 19.7 Å². The number of esters is 1. The number of ether oxygens (including phenoxy) is 2. The summed E-state index contributed by atoms with van der Waals surface area (Å²) in [6.45, 7) is 7.04. The molecular formula is C19H28N2O4. The van der Waals surface area contributed by atoms with Gasteiger partial charge in [-0.15, -0.1) is 0 Å². The smallest absolute Gasteiger partial charge is 0.410 e. The number of carbonyl (C=O) groups excluding carboxylic acids is 2. The lowest BCUT2D eigenvalue weighted by Crippen LogP contribution is -2.43. The molecule has 25 heavy (non-hydrogen) atoms. The quantitative estimate of drug-likeness (QED) is 0.604. The van der Waals surface area contributed by atoms with Crippen LogP contribution in [-0.4, -0.2) is 47.2 Å². The van der Waals surface area contributed by atoms with E-state index < -0.39 is 5.60 Å². The molecule has 0 aliphatic carbocycles. The van der Waals surface area contributed by atoms with Crippen LogP contribution in [0.5, 0.6) is 0 Å². The maximum absolute atomic E-state index is 12.1. The van der Waals surface area contributed by atoms with Gasteiger partial charge in [0.15, 0.2) is 0 Å². The van der Waals surface area contributed by atoms with E-state index in [1.54, 1.807) is 17.3 Å². The monoisotopic (exact) mass is 348 g/mol. The second-order valence-corrected chi connectivity index (χ2v) is 7.37. The number of piperidine rings is 1. The Morgan fingerprint density at radius 3 is 2.44 bits per heavy atom. The summed E-state index contributed by atoms with van der Waals surface area (Å²) in [7, 11) is 0. The van der Waals surface area contributed by atoms with Gasteiger partial charge in [0.1, 0.15) is 5.60 Å². The second-order valence-electron chi connectivity index (χ2n) is 7.37. The molecule has 0 atom stereocenters.